The van der Waals surface area contributed by atoms with Crippen LogP contribution in [0.2, 0.25) is 0 Å². The summed E-state index contributed by atoms with van der Waals surface area (Å²) in [6, 6.07) is 21.4. The van der Waals surface area contributed by atoms with Crippen molar-refractivity contribution in [2.45, 2.75) is 38.8 Å². The molecule has 6 nitrogen and oxygen atoms in total. The van der Waals surface area contributed by atoms with E-state index in [2.05, 4.69) is 20.8 Å². The molecule has 0 spiro atoms. The van der Waals surface area contributed by atoms with Crippen molar-refractivity contribution >= 4 is 17.4 Å². The number of aliphatic hydroxyl groups is 1. The normalized spacial score (nSPS) is 17.4. The first-order valence-electron chi connectivity index (χ1n) is 11.8. The van der Waals surface area contributed by atoms with E-state index in [1.54, 1.807) is 13.2 Å². The van der Waals surface area contributed by atoms with E-state index in [9.17, 15) is 14.7 Å². The quantitative estimate of drug-likeness (QED) is 0.278. The van der Waals surface area contributed by atoms with E-state index in [1.807, 2.05) is 66.7 Å². The molecule has 1 aliphatic rings. The summed E-state index contributed by atoms with van der Waals surface area (Å²) in [5.41, 5.74) is 2.73. The molecule has 0 saturated carbocycles. The minimum absolute atomic E-state index is 0.0402. The standard InChI is InChI=1S/C30H31NO5/c1-30(2,3)21-14-15-24(36-5)23(17-21)27(32)25-26(20-11-7-6-8-12-20)31(29(34)28(25)33)18-19-10-9-13-22(16-19)35-4/h6-17,26,32H,18H2,1-5H3/b27-25+. The predicted octanol–water partition coefficient (Wildman–Crippen LogP) is 5.62. The number of nitrogens with zero attached hydrogens (tertiary/aromatic N) is 1. The van der Waals surface area contributed by atoms with Crippen LogP contribution in [0.4, 0.5) is 0 Å². The zero-order chi connectivity index (χ0) is 26.0. The lowest BCUT2D eigenvalue weighted by atomic mass is 9.85. The van der Waals surface area contributed by atoms with Gasteiger partial charge in [0.1, 0.15) is 17.3 Å². The minimum atomic E-state index is -0.764. The van der Waals surface area contributed by atoms with E-state index in [0.29, 0.717) is 17.1 Å². The number of ketones is 1. The van der Waals surface area contributed by atoms with Gasteiger partial charge in [0.15, 0.2) is 0 Å². The predicted molar refractivity (Wildman–Crippen MR) is 139 cm³/mol. The van der Waals surface area contributed by atoms with Gasteiger partial charge in [-0.1, -0.05) is 69.3 Å². The first kappa shape index (κ1) is 25.0. The average molecular weight is 486 g/mol. The van der Waals surface area contributed by atoms with Crippen LogP contribution < -0.4 is 9.47 Å². The summed E-state index contributed by atoms with van der Waals surface area (Å²) in [4.78, 5) is 28.3. The van der Waals surface area contributed by atoms with Crippen LogP contribution in [0, 0.1) is 0 Å². The number of amides is 1. The first-order chi connectivity index (χ1) is 17.2. The summed E-state index contributed by atoms with van der Waals surface area (Å²) < 4.78 is 10.9. The summed E-state index contributed by atoms with van der Waals surface area (Å²) in [5, 5.41) is 11.6. The maximum absolute atomic E-state index is 13.4. The van der Waals surface area contributed by atoms with Crippen LogP contribution in [-0.4, -0.2) is 35.9 Å². The number of methoxy groups -OCH3 is 2. The van der Waals surface area contributed by atoms with Gasteiger partial charge in [-0.25, -0.2) is 0 Å². The third-order valence-electron chi connectivity index (χ3n) is 6.46. The molecule has 1 heterocycles. The number of rotatable bonds is 6. The maximum atomic E-state index is 13.4. The van der Waals surface area contributed by atoms with Crippen molar-refractivity contribution in [2.75, 3.05) is 14.2 Å². The van der Waals surface area contributed by atoms with Gasteiger partial charge in [0.05, 0.1) is 31.4 Å². The molecule has 0 radical (unpaired) electrons. The Bertz CT molecular complexity index is 1320. The first-order valence-corrected chi connectivity index (χ1v) is 11.8. The molecule has 0 aliphatic carbocycles. The number of ether oxygens (including phenoxy) is 2. The molecule has 1 fully saturated rings. The molecule has 1 amide bonds. The number of Topliss-reactive ketones (excluding diaryl/α,β-unsaturated/α-hetero) is 1. The molecular formula is C30H31NO5. The smallest absolute Gasteiger partial charge is 0.295 e. The Morgan fingerprint density at radius 3 is 2.28 bits per heavy atom. The molecule has 1 unspecified atom stereocenters. The highest BCUT2D eigenvalue weighted by Gasteiger charge is 2.46. The highest BCUT2D eigenvalue weighted by molar-refractivity contribution is 6.46. The second-order valence-corrected chi connectivity index (χ2v) is 9.85. The highest BCUT2D eigenvalue weighted by Crippen LogP contribution is 2.42. The van der Waals surface area contributed by atoms with Crippen molar-refractivity contribution in [2.24, 2.45) is 0 Å². The number of likely N-dealkylation sites (tertiary alicyclic amines) is 1. The van der Waals surface area contributed by atoms with Gasteiger partial charge >= 0.3 is 0 Å². The molecule has 3 aromatic carbocycles. The zero-order valence-electron chi connectivity index (χ0n) is 21.2. The summed E-state index contributed by atoms with van der Waals surface area (Å²) in [7, 11) is 3.09. The Hall–Kier alpha value is -4.06. The lowest BCUT2D eigenvalue weighted by Gasteiger charge is -2.26. The Labute approximate surface area is 211 Å². The summed E-state index contributed by atoms with van der Waals surface area (Å²) >= 11 is 0. The van der Waals surface area contributed by atoms with Crippen molar-refractivity contribution in [3.63, 3.8) is 0 Å². The number of hydrogen-bond acceptors (Lipinski definition) is 5. The Balaban J connectivity index is 1.90. The van der Waals surface area contributed by atoms with Crippen molar-refractivity contribution in [3.8, 4) is 11.5 Å². The van der Waals surface area contributed by atoms with E-state index < -0.39 is 17.7 Å². The molecule has 0 bridgehead atoms. The molecule has 186 valence electrons. The fraction of sp³-hybridized carbons (Fsp3) is 0.267. The van der Waals surface area contributed by atoms with Crippen LogP contribution in [0.3, 0.4) is 0 Å². The van der Waals surface area contributed by atoms with Gasteiger partial charge in [0.2, 0.25) is 0 Å². The summed E-state index contributed by atoms with van der Waals surface area (Å²) in [6.07, 6.45) is 0. The maximum Gasteiger partial charge on any atom is 0.295 e. The van der Waals surface area contributed by atoms with Gasteiger partial charge in [-0.05, 0) is 46.4 Å². The number of carbonyl (C=O) groups excluding carboxylic acids is 2. The Morgan fingerprint density at radius 2 is 1.64 bits per heavy atom. The molecule has 6 heteroatoms. The molecule has 1 aliphatic heterocycles. The largest absolute Gasteiger partial charge is 0.507 e. The van der Waals surface area contributed by atoms with E-state index in [1.165, 1.54) is 12.0 Å². The molecule has 1 atom stereocenters. The monoisotopic (exact) mass is 485 g/mol. The third-order valence-corrected chi connectivity index (χ3v) is 6.46. The molecule has 0 aromatic heterocycles. The van der Waals surface area contributed by atoms with Crippen molar-refractivity contribution in [1.29, 1.82) is 0 Å². The van der Waals surface area contributed by atoms with E-state index in [4.69, 9.17) is 9.47 Å². The zero-order valence-corrected chi connectivity index (χ0v) is 21.2. The summed E-state index contributed by atoms with van der Waals surface area (Å²) in [5.74, 6) is -0.569. The number of benzene rings is 3. The highest BCUT2D eigenvalue weighted by atomic mass is 16.5. The number of carbonyl (C=O) groups is 2. The lowest BCUT2D eigenvalue weighted by Crippen LogP contribution is -2.29. The molecule has 1 saturated heterocycles. The minimum Gasteiger partial charge on any atom is -0.507 e. The second-order valence-electron chi connectivity index (χ2n) is 9.85. The van der Waals surface area contributed by atoms with Crippen LogP contribution in [0.5, 0.6) is 11.5 Å². The van der Waals surface area contributed by atoms with Crippen molar-refractivity contribution in [1.82, 2.24) is 4.90 Å². The molecule has 3 aromatic rings. The van der Waals surface area contributed by atoms with Gasteiger partial charge in [-0.3, -0.25) is 9.59 Å². The van der Waals surface area contributed by atoms with Gasteiger partial charge in [-0.2, -0.15) is 0 Å². The topological polar surface area (TPSA) is 76.1 Å². The number of hydrogen-bond donors (Lipinski definition) is 1. The second kappa shape index (κ2) is 9.90. The van der Waals surface area contributed by atoms with E-state index in [0.717, 1.165) is 16.7 Å². The van der Waals surface area contributed by atoms with Crippen LogP contribution in [-0.2, 0) is 21.5 Å². The fourth-order valence-electron chi connectivity index (χ4n) is 4.50. The van der Waals surface area contributed by atoms with Crippen LogP contribution in [0.25, 0.3) is 5.76 Å². The lowest BCUT2D eigenvalue weighted by molar-refractivity contribution is -0.140. The molecule has 1 N–H and O–H groups in total. The van der Waals surface area contributed by atoms with Crippen molar-refractivity contribution in [3.05, 3.63) is 101 Å². The van der Waals surface area contributed by atoms with E-state index in [-0.39, 0.29) is 23.3 Å². The van der Waals surface area contributed by atoms with Crippen LogP contribution in [0.1, 0.15) is 49.1 Å². The Morgan fingerprint density at radius 1 is 0.917 bits per heavy atom. The average Bonchev–Trinajstić information content (AvgIpc) is 3.12. The summed E-state index contributed by atoms with van der Waals surface area (Å²) in [6.45, 7) is 6.37. The molecule has 4 rings (SSSR count). The van der Waals surface area contributed by atoms with Gasteiger partial charge in [0.25, 0.3) is 11.7 Å². The number of aliphatic hydroxyl groups excluding tert-OH is 1. The van der Waals surface area contributed by atoms with E-state index >= 15 is 0 Å². The fourth-order valence-corrected chi connectivity index (χ4v) is 4.50. The Kier molecular flexibility index (Phi) is 6.88. The molecular weight excluding hydrogens is 454 g/mol. The SMILES string of the molecule is COc1cccc(CN2C(=O)C(=O)/C(=C(/O)c3cc(C(C)(C)C)ccc3OC)C2c2ccccc2)c1. The van der Waals surface area contributed by atoms with Gasteiger partial charge in [-0.15, -0.1) is 0 Å². The van der Waals surface area contributed by atoms with Crippen LogP contribution >= 0.6 is 0 Å². The van der Waals surface area contributed by atoms with Crippen molar-refractivity contribution < 1.29 is 24.2 Å². The molecule has 36 heavy (non-hydrogen) atoms. The van der Waals surface area contributed by atoms with Crippen LogP contribution in [0.15, 0.2) is 78.4 Å². The third kappa shape index (κ3) is 4.71. The van der Waals surface area contributed by atoms with Gasteiger partial charge < -0.3 is 19.5 Å². The van der Waals surface area contributed by atoms with Gasteiger partial charge in [0, 0.05) is 6.54 Å².